The molecule has 0 radical (unpaired) electrons. The lowest BCUT2D eigenvalue weighted by Gasteiger charge is -2.21. The van der Waals surface area contributed by atoms with E-state index in [2.05, 4.69) is 27.2 Å². The van der Waals surface area contributed by atoms with Crippen LogP contribution in [0.5, 0.6) is 0 Å². The van der Waals surface area contributed by atoms with E-state index >= 15 is 0 Å². The summed E-state index contributed by atoms with van der Waals surface area (Å²) in [6, 6.07) is 7.42. The highest BCUT2D eigenvalue weighted by Crippen LogP contribution is 2.13. The SMILES string of the molecule is C#C[C@H](Cc1cccc(Br)c1)NC(=O)OC(C)(C)C. The van der Waals surface area contributed by atoms with Crippen LogP contribution in [0.2, 0.25) is 0 Å². The molecule has 4 heteroatoms. The van der Waals surface area contributed by atoms with Crippen LogP contribution in [0.3, 0.4) is 0 Å². The zero-order valence-corrected chi connectivity index (χ0v) is 13.0. The fourth-order valence-corrected chi connectivity index (χ4v) is 1.95. The highest BCUT2D eigenvalue weighted by Gasteiger charge is 2.18. The molecular formula is C15H18BrNO2. The van der Waals surface area contributed by atoms with Gasteiger partial charge in [0.15, 0.2) is 0 Å². The van der Waals surface area contributed by atoms with Gasteiger partial charge in [-0.25, -0.2) is 4.79 Å². The van der Waals surface area contributed by atoms with Crippen LogP contribution in [0.15, 0.2) is 28.7 Å². The van der Waals surface area contributed by atoms with Crippen molar-refractivity contribution in [1.29, 1.82) is 0 Å². The third-order valence-electron chi connectivity index (χ3n) is 2.22. The van der Waals surface area contributed by atoms with Gasteiger partial charge < -0.3 is 10.1 Å². The van der Waals surface area contributed by atoms with Gasteiger partial charge in [-0.2, -0.15) is 0 Å². The molecule has 0 aliphatic carbocycles. The predicted octanol–water partition coefficient (Wildman–Crippen LogP) is 3.52. The summed E-state index contributed by atoms with van der Waals surface area (Å²) in [7, 11) is 0. The number of benzene rings is 1. The standard InChI is InChI=1S/C15H18BrNO2/c1-5-13(17-14(18)19-15(2,3)4)10-11-7-6-8-12(16)9-11/h1,6-9,13H,10H2,2-4H3,(H,17,18)/t13-/m1/s1. The maximum atomic E-state index is 11.6. The van der Waals surface area contributed by atoms with Gasteiger partial charge in [-0.05, 0) is 38.5 Å². The monoisotopic (exact) mass is 323 g/mol. The number of carbonyl (C=O) groups excluding carboxylic acids is 1. The summed E-state index contributed by atoms with van der Waals surface area (Å²) in [5.41, 5.74) is 0.521. The first kappa shape index (κ1) is 15.6. The minimum atomic E-state index is -0.529. The summed E-state index contributed by atoms with van der Waals surface area (Å²) in [5, 5.41) is 2.68. The van der Waals surface area contributed by atoms with Crippen LogP contribution in [0, 0.1) is 12.3 Å². The minimum Gasteiger partial charge on any atom is -0.444 e. The molecule has 0 spiro atoms. The van der Waals surface area contributed by atoms with E-state index in [-0.39, 0.29) is 6.04 Å². The Kier molecular flexibility index (Phi) is 5.44. The number of amides is 1. The minimum absolute atomic E-state index is 0.385. The van der Waals surface area contributed by atoms with Crippen molar-refractivity contribution in [2.24, 2.45) is 0 Å². The summed E-state index contributed by atoms with van der Waals surface area (Å²) in [6.07, 6.45) is 5.51. The number of rotatable bonds is 3. The number of halogens is 1. The first-order valence-electron chi connectivity index (χ1n) is 6.00. The lowest BCUT2D eigenvalue weighted by molar-refractivity contribution is 0.0516. The maximum absolute atomic E-state index is 11.6. The van der Waals surface area contributed by atoms with Gasteiger partial charge in [0.2, 0.25) is 0 Å². The predicted molar refractivity (Wildman–Crippen MR) is 79.8 cm³/mol. The molecule has 0 aliphatic rings. The second kappa shape index (κ2) is 6.63. The van der Waals surface area contributed by atoms with Crippen molar-refractivity contribution in [2.75, 3.05) is 0 Å². The molecule has 1 aromatic rings. The third-order valence-corrected chi connectivity index (χ3v) is 2.71. The molecule has 1 N–H and O–H groups in total. The van der Waals surface area contributed by atoms with Gasteiger partial charge in [-0.1, -0.05) is 34.0 Å². The Balaban J connectivity index is 2.60. The molecule has 1 aromatic carbocycles. The fraction of sp³-hybridized carbons (Fsp3) is 0.400. The summed E-state index contributed by atoms with van der Waals surface area (Å²) in [6.45, 7) is 5.43. The van der Waals surface area contributed by atoms with E-state index in [1.807, 2.05) is 45.0 Å². The second-order valence-corrected chi connectivity index (χ2v) is 6.12. The molecule has 0 saturated carbocycles. The van der Waals surface area contributed by atoms with Crippen LogP contribution in [0.4, 0.5) is 4.79 Å². The Labute approximate surface area is 122 Å². The van der Waals surface area contributed by atoms with Crippen molar-refractivity contribution in [3.05, 3.63) is 34.3 Å². The van der Waals surface area contributed by atoms with Gasteiger partial charge in [0.1, 0.15) is 5.60 Å². The number of carbonyl (C=O) groups is 1. The van der Waals surface area contributed by atoms with Gasteiger partial charge in [0.25, 0.3) is 0 Å². The summed E-state index contributed by atoms with van der Waals surface area (Å²) >= 11 is 3.40. The first-order valence-corrected chi connectivity index (χ1v) is 6.79. The van der Waals surface area contributed by atoms with Crippen molar-refractivity contribution in [3.8, 4) is 12.3 Å². The van der Waals surface area contributed by atoms with E-state index in [0.717, 1.165) is 10.0 Å². The molecule has 1 rings (SSSR count). The zero-order valence-electron chi connectivity index (χ0n) is 11.4. The van der Waals surface area contributed by atoms with Crippen LogP contribution >= 0.6 is 15.9 Å². The number of nitrogens with one attached hydrogen (secondary N) is 1. The van der Waals surface area contributed by atoms with Crippen LogP contribution in [-0.4, -0.2) is 17.7 Å². The van der Waals surface area contributed by atoms with E-state index in [4.69, 9.17) is 11.2 Å². The Morgan fingerprint density at radius 2 is 2.21 bits per heavy atom. The molecule has 0 aromatic heterocycles. The Bertz CT molecular complexity index is 486. The van der Waals surface area contributed by atoms with Crippen molar-refractivity contribution >= 4 is 22.0 Å². The van der Waals surface area contributed by atoms with Crippen LogP contribution in [0.1, 0.15) is 26.3 Å². The van der Waals surface area contributed by atoms with E-state index in [0.29, 0.717) is 6.42 Å². The molecule has 0 bridgehead atoms. The van der Waals surface area contributed by atoms with Gasteiger partial charge in [0.05, 0.1) is 6.04 Å². The highest BCUT2D eigenvalue weighted by atomic mass is 79.9. The summed E-state index contributed by atoms with van der Waals surface area (Å²) in [4.78, 5) is 11.6. The molecule has 102 valence electrons. The van der Waals surface area contributed by atoms with Gasteiger partial charge in [-0.15, -0.1) is 6.42 Å². The average Bonchev–Trinajstić information content (AvgIpc) is 2.25. The van der Waals surface area contributed by atoms with Gasteiger partial charge >= 0.3 is 6.09 Å². The molecule has 0 unspecified atom stereocenters. The molecule has 1 amide bonds. The maximum Gasteiger partial charge on any atom is 0.408 e. The molecule has 1 atom stereocenters. The Morgan fingerprint density at radius 1 is 1.53 bits per heavy atom. The van der Waals surface area contributed by atoms with E-state index < -0.39 is 11.7 Å². The third kappa shape index (κ3) is 6.30. The fourth-order valence-electron chi connectivity index (χ4n) is 1.50. The second-order valence-electron chi connectivity index (χ2n) is 5.20. The largest absolute Gasteiger partial charge is 0.444 e. The number of hydrogen-bond donors (Lipinski definition) is 1. The Morgan fingerprint density at radius 3 is 2.74 bits per heavy atom. The van der Waals surface area contributed by atoms with E-state index in [1.54, 1.807) is 0 Å². The molecular weight excluding hydrogens is 306 g/mol. The van der Waals surface area contributed by atoms with E-state index in [9.17, 15) is 4.79 Å². The number of alkyl carbamates (subject to hydrolysis) is 1. The van der Waals surface area contributed by atoms with E-state index in [1.165, 1.54) is 0 Å². The number of terminal acetylenes is 1. The number of hydrogen-bond acceptors (Lipinski definition) is 2. The molecule has 0 fully saturated rings. The molecule has 0 aliphatic heterocycles. The van der Waals surface area contributed by atoms with Crippen molar-refractivity contribution in [2.45, 2.75) is 38.8 Å². The summed E-state index contributed by atoms with van der Waals surface area (Å²) in [5.74, 6) is 2.56. The topological polar surface area (TPSA) is 38.3 Å². The molecule has 0 heterocycles. The van der Waals surface area contributed by atoms with Crippen LogP contribution in [-0.2, 0) is 11.2 Å². The van der Waals surface area contributed by atoms with Crippen LogP contribution in [0.25, 0.3) is 0 Å². The van der Waals surface area contributed by atoms with Crippen molar-refractivity contribution in [1.82, 2.24) is 5.32 Å². The van der Waals surface area contributed by atoms with Crippen molar-refractivity contribution in [3.63, 3.8) is 0 Å². The normalized spacial score (nSPS) is 12.4. The van der Waals surface area contributed by atoms with Crippen molar-refractivity contribution < 1.29 is 9.53 Å². The van der Waals surface area contributed by atoms with Gasteiger partial charge in [0, 0.05) is 10.9 Å². The van der Waals surface area contributed by atoms with Gasteiger partial charge in [-0.3, -0.25) is 0 Å². The number of ether oxygens (including phenoxy) is 1. The smallest absolute Gasteiger partial charge is 0.408 e. The summed E-state index contributed by atoms with van der Waals surface area (Å²) < 4.78 is 6.16. The highest BCUT2D eigenvalue weighted by molar-refractivity contribution is 9.10. The molecule has 3 nitrogen and oxygen atoms in total. The first-order chi connectivity index (χ1) is 8.80. The lowest BCUT2D eigenvalue weighted by atomic mass is 10.1. The zero-order chi connectivity index (χ0) is 14.5. The quantitative estimate of drug-likeness (QED) is 0.864. The average molecular weight is 324 g/mol. The molecule has 19 heavy (non-hydrogen) atoms. The Hall–Kier alpha value is -1.47. The molecule has 0 saturated heterocycles. The lowest BCUT2D eigenvalue weighted by Crippen LogP contribution is -2.39. The van der Waals surface area contributed by atoms with Crippen LogP contribution < -0.4 is 5.32 Å².